The van der Waals surface area contributed by atoms with Crippen LogP contribution in [0.1, 0.15) is 12.8 Å². The van der Waals surface area contributed by atoms with Crippen LogP contribution in [-0.4, -0.2) is 40.5 Å². The first kappa shape index (κ1) is 14.8. The van der Waals surface area contributed by atoms with Crippen molar-refractivity contribution in [3.63, 3.8) is 0 Å². The topological polar surface area (TPSA) is 58.2 Å². The summed E-state index contributed by atoms with van der Waals surface area (Å²) >= 11 is 0. The van der Waals surface area contributed by atoms with Gasteiger partial charge in [-0.2, -0.15) is 0 Å². The predicted octanol–water partition coefficient (Wildman–Crippen LogP) is 3.23. The van der Waals surface area contributed by atoms with Gasteiger partial charge in [-0.3, -0.25) is 4.79 Å². The number of rotatable bonds is 5. The van der Waals surface area contributed by atoms with Crippen LogP contribution < -0.4 is 4.74 Å². The zero-order chi connectivity index (χ0) is 16.4. The Morgan fingerprint density at radius 3 is 2.79 bits per heavy atom. The Kier molecular flexibility index (Phi) is 3.91. The molecule has 1 fully saturated rings. The molecule has 1 aromatic heterocycles. The fourth-order valence-electron chi connectivity index (χ4n) is 3.07. The van der Waals surface area contributed by atoms with E-state index in [1.54, 1.807) is 0 Å². The summed E-state index contributed by atoms with van der Waals surface area (Å²) in [5, 5.41) is 0. The molecular weight excluding hydrogens is 302 g/mol. The van der Waals surface area contributed by atoms with Crippen molar-refractivity contribution in [2.75, 3.05) is 19.7 Å². The number of fused-ring (bicyclic) bond motifs is 1. The summed E-state index contributed by atoms with van der Waals surface area (Å²) in [4.78, 5) is 21.5. The van der Waals surface area contributed by atoms with Crippen LogP contribution >= 0.6 is 0 Å². The van der Waals surface area contributed by atoms with Gasteiger partial charge in [0.2, 0.25) is 5.91 Å². The Bertz CT molecular complexity index is 839. The number of benzene rings is 2. The molecule has 5 nitrogen and oxygen atoms in total. The summed E-state index contributed by atoms with van der Waals surface area (Å²) < 4.78 is 5.94. The van der Waals surface area contributed by atoms with Crippen molar-refractivity contribution in [3.8, 4) is 17.1 Å². The van der Waals surface area contributed by atoms with E-state index in [9.17, 15) is 4.79 Å². The maximum atomic E-state index is 11.7. The summed E-state index contributed by atoms with van der Waals surface area (Å²) in [7, 11) is 0. The number of imidazole rings is 1. The number of amides is 1. The lowest BCUT2D eigenvalue weighted by molar-refractivity contribution is -0.128. The molecule has 1 amide bonds. The third-order valence-corrected chi connectivity index (χ3v) is 4.32. The van der Waals surface area contributed by atoms with Crippen LogP contribution in [0.15, 0.2) is 48.5 Å². The van der Waals surface area contributed by atoms with Crippen LogP contribution in [0, 0.1) is 0 Å². The molecule has 0 unspecified atom stereocenters. The average Bonchev–Trinajstić information content (AvgIpc) is 3.21. The normalized spacial score (nSPS) is 14.5. The third kappa shape index (κ3) is 2.85. The Morgan fingerprint density at radius 1 is 1.12 bits per heavy atom. The molecule has 0 bridgehead atoms. The van der Waals surface area contributed by atoms with Crippen molar-refractivity contribution in [3.05, 3.63) is 48.5 Å². The molecule has 2 heterocycles. The molecule has 2 aromatic carbocycles. The van der Waals surface area contributed by atoms with E-state index in [1.807, 2.05) is 53.4 Å². The van der Waals surface area contributed by atoms with E-state index in [0.717, 1.165) is 41.1 Å². The van der Waals surface area contributed by atoms with Crippen LogP contribution in [-0.2, 0) is 4.79 Å². The lowest BCUT2D eigenvalue weighted by Gasteiger charge is -2.16. The maximum Gasteiger partial charge on any atom is 0.222 e. The molecule has 0 spiro atoms. The first-order valence-electron chi connectivity index (χ1n) is 8.26. The van der Waals surface area contributed by atoms with Gasteiger partial charge in [-0.05, 0) is 30.7 Å². The molecule has 1 aliphatic heterocycles. The van der Waals surface area contributed by atoms with Gasteiger partial charge in [0, 0.05) is 13.0 Å². The number of para-hydroxylation sites is 3. The first-order valence-corrected chi connectivity index (χ1v) is 8.26. The lowest BCUT2D eigenvalue weighted by Crippen LogP contribution is -2.29. The van der Waals surface area contributed by atoms with E-state index < -0.39 is 0 Å². The fraction of sp³-hybridized carbons (Fsp3) is 0.263. The third-order valence-electron chi connectivity index (χ3n) is 4.32. The van der Waals surface area contributed by atoms with Gasteiger partial charge in [0.1, 0.15) is 18.2 Å². The van der Waals surface area contributed by atoms with E-state index in [2.05, 4.69) is 9.97 Å². The number of nitrogens with zero attached hydrogens (tertiary/aromatic N) is 2. The van der Waals surface area contributed by atoms with Crippen LogP contribution in [0.3, 0.4) is 0 Å². The highest BCUT2D eigenvalue weighted by Crippen LogP contribution is 2.29. The number of aromatic amines is 1. The lowest BCUT2D eigenvalue weighted by atomic mass is 10.2. The van der Waals surface area contributed by atoms with Crippen molar-refractivity contribution in [2.24, 2.45) is 0 Å². The van der Waals surface area contributed by atoms with E-state index in [1.165, 1.54) is 0 Å². The van der Waals surface area contributed by atoms with Gasteiger partial charge in [-0.15, -0.1) is 0 Å². The minimum absolute atomic E-state index is 0.226. The highest BCUT2D eigenvalue weighted by atomic mass is 16.5. The molecule has 24 heavy (non-hydrogen) atoms. The monoisotopic (exact) mass is 321 g/mol. The van der Waals surface area contributed by atoms with E-state index in [4.69, 9.17) is 4.74 Å². The smallest absolute Gasteiger partial charge is 0.222 e. The van der Waals surface area contributed by atoms with Crippen LogP contribution in [0.4, 0.5) is 0 Å². The number of carbonyl (C=O) groups excluding carboxylic acids is 1. The summed E-state index contributed by atoms with van der Waals surface area (Å²) in [6.45, 7) is 1.96. The second-order valence-corrected chi connectivity index (χ2v) is 5.93. The molecular formula is C19H19N3O2. The van der Waals surface area contributed by atoms with E-state index in [-0.39, 0.29) is 5.91 Å². The minimum atomic E-state index is 0.226. The van der Waals surface area contributed by atoms with Crippen molar-refractivity contribution in [1.82, 2.24) is 14.9 Å². The first-order chi connectivity index (χ1) is 11.8. The molecule has 4 rings (SSSR count). The standard InChI is InChI=1S/C19H19N3O2/c23-18-10-5-11-22(18)12-13-24-17-9-4-1-6-14(17)19-20-15-7-2-3-8-16(15)21-19/h1-4,6-9H,5,10-13H2,(H,20,21). The number of hydrogen-bond donors (Lipinski definition) is 1. The number of ether oxygens (including phenoxy) is 1. The number of aromatic nitrogens is 2. The second-order valence-electron chi connectivity index (χ2n) is 5.93. The number of likely N-dealkylation sites (tertiary alicyclic amines) is 1. The molecule has 1 aliphatic rings. The van der Waals surface area contributed by atoms with Crippen LogP contribution in [0.2, 0.25) is 0 Å². The van der Waals surface area contributed by atoms with Crippen LogP contribution in [0.5, 0.6) is 5.75 Å². The Balaban J connectivity index is 1.53. The quantitative estimate of drug-likeness (QED) is 0.785. The fourth-order valence-corrected chi connectivity index (χ4v) is 3.07. The molecule has 1 N–H and O–H groups in total. The van der Waals surface area contributed by atoms with E-state index in [0.29, 0.717) is 19.6 Å². The van der Waals surface area contributed by atoms with Crippen LogP contribution in [0.25, 0.3) is 22.4 Å². The summed E-state index contributed by atoms with van der Waals surface area (Å²) in [6.07, 6.45) is 1.62. The number of nitrogens with one attached hydrogen (secondary N) is 1. The van der Waals surface area contributed by atoms with Crippen molar-refractivity contribution < 1.29 is 9.53 Å². The summed E-state index contributed by atoms with van der Waals surface area (Å²) in [5.74, 6) is 1.80. The number of carbonyl (C=O) groups is 1. The minimum Gasteiger partial charge on any atom is -0.491 e. The predicted molar refractivity (Wildman–Crippen MR) is 92.8 cm³/mol. The maximum absolute atomic E-state index is 11.7. The SMILES string of the molecule is O=C1CCCN1CCOc1ccccc1-c1nc2ccccc2[nH]1. The largest absolute Gasteiger partial charge is 0.491 e. The molecule has 5 heteroatoms. The number of hydrogen-bond acceptors (Lipinski definition) is 3. The molecule has 0 saturated carbocycles. The van der Waals surface area contributed by atoms with Gasteiger partial charge in [0.05, 0.1) is 23.1 Å². The number of H-pyrrole nitrogens is 1. The van der Waals surface area contributed by atoms with Gasteiger partial charge in [-0.1, -0.05) is 24.3 Å². The molecule has 1 saturated heterocycles. The molecule has 0 aliphatic carbocycles. The molecule has 122 valence electrons. The summed E-state index contributed by atoms with van der Waals surface area (Å²) in [5.41, 5.74) is 2.87. The molecule has 0 radical (unpaired) electrons. The summed E-state index contributed by atoms with van der Waals surface area (Å²) in [6, 6.07) is 15.8. The van der Waals surface area contributed by atoms with Gasteiger partial charge >= 0.3 is 0 Å². The second kappa shape index (κ2) is 6.35. The van der Waals surface area contributed by atoms with Gasteiger partial charge in [0.25, 0.3) is 0 Å². The molecule has 0 atom stereocenters. The highest BCUT2D eigenvalue weighted by molar-refractivity contribution is 5.80. The van der Waals surface area contributed by atoms with Crippen molar-refractivity contribution in [1.29, 1.82) is 0 Å². The average molecular weight is 321 g/mol. The van der Waals surface area contributed by atoms with Gasteiger partial charge < -0.3 is 14.6 Å². The van der Waals surface area contributed by atoms with Crippen molar-refractivity contribution >= 4 is 16.9 Å². The van der Waals surface area contributed by atoms with E-state index >= 15 is 0 Å². The van der Waals surface area contributed by atoms with Gasteiger partial charge in [0.15, 0.2) is 0 Å². The zero-order valence-electron chi connectivity index (χ0n) is 13.4. The zero-order valence-corrected chi connectivity index (χ0v) is 13.4. The Labute approximate surface area is 140 Å². The van der Waals surface area contributed by atoms with Gasteiger partial charge in [-0.25, -0.2) is 4.98 Å². The van der Waals surface area contributed by atoms with Crippen molar-refractivity contribution in [2.45, 2.75) is 12.8 Å². The Hall–Kier alpha value is -2.82. The molecule has 3 aromatic rings. The highest BCUT2D eigenvalue weighted by Gasteiger charge is 2.19. The Morgan fingerprint density at radius 2 is 1.96 bits per heavy atom.